The maximum absolute atomic E-state index is 6.31. The molecule has 2 aromatic heterocycles. The van der Waals surface area contributed by atoms with Gasteiger partial charge in [0.25, 0.3) is 0 Å². The molecule has 0 spiro atoms. The first-order valence-electron chi connectivity index (χ1n) is 11.7. The molecule has 0 aliphatic carbocycles. The average molecular weight is 459 g/mol. The van der Waals surface area contributed by atoms with Crippen LogP contribution in [0.4, 0.5) is 5.82 Å². The van der Waals surface area contributed by atoms with Crippen molar-refractivity contribution in [3.63, 3.8) is 0 Å². The molecule has 2 aromatic carbocycles. The number of nitrogens with two attached hydrogens (primary N) is 1. The maximum Gasteiger partial charge on any atom is 0.169 e. The van der Waals surface area contributed by atoms with Crippen LogP contribution in [0, 0.1) is 0 Å². The molecule has 4 aromatic rings. The number of aromatic nitrogens is 4. The Labute approximate surface area is 199 Å². The molecule has 176 valence electrons. The van der Waals surface area contributed by atoms with Crippen molar-refractivity contribution in [3.8, 4) is 28.5 Å². The van der Waals surface area contributed by atoms with E-state index in [1.165, 1.54) is 6.33 Å². The van der Waals surface area contributed by atoms with E-state index in [1.807, 2.05) is 48.5 Å². The smallest absolute Gasteiger partial charge is 0.169 e. The normalized spacial score (nSPS) is 15.2. The van der Waals surface area contributed by atoms with Gasteiger partial charge in [0.15, 0.2) is 17.1 Å². The van der Waals surface area contributed by atoms with E-state index >= 15 is 0 Å². The Morgan fingerprint density at radius 2 is 1.68 bits per heavy atom. The quantitative estimate of drug-likeness (QED) is 0.438. The van der Waals surface area contributed by atoms with Gasteiger partial charge in [0.2, 0.25) is 0 Å². The number of anilines is 1. The summed E-state index contributed by atoms with van der Waals surface area (Å²) in [6, 6.07) is 16.3. The van der Waals surface area contributed by atoms with Gasteiger partial charge in [-0.25, -0.2) is 14.6 Å². The summed E-state index contributed by atoms with van der Waals surface area (Å²) in [6.45, 7) is 6.59. The Morgan fingerprint density at radius 1 is 0.971 bits per heavy atom. The Balaban J connectivity index is 1.46. The molecule has 0 atom stereocenters. The summed E-state index contributed by atoms with van der Waals surface area (Å²) in [5.74, 6) is 2.50. The van der Waals surface area contributed by atoms with E-state index in [9.17, 15) is 0 Å². The second-order valence-corrected chi connectivity index (χ2v) is 8.89. The van der Waals surface area contributed by atoms with Crippen molar-refractivity contribution in [3.05, 3.63) is 54.9 Å². The molecule has 0 amide bonds. The maximum atomic E-state index is 6.31. The van der Waals surface area contributed by atoms with E-state index in [0.717, 1.165) is 48.2 Å². The molecular weight excluding hydrogens is 428 g/mol. The lowest BCUT2D eigenvalue weighted by Gasteiger charge is -2.34. The molecule has 1 aliphatic heterocycles. The second kappa shape index (κ2) is 9.30. The van der Waals surface area contributed by atoms with Crippen molar-refractivity contribution in [1.82, 2.24) is 24.6 Å². The highest BCUT2D eigenvalue weighted by Crippen LogP contribution is 2.36. The molecule has 1 fully saturated rings. The Hall–Kier alpha value is -3.65. The molecule has 0 radical (unpaired) electrons. The number of methoxy groups -OCH3 is 1. The number of nitrogens with zero attached hydrogens (tertiary/aromatic N) is 5. The van der Waals surface area contributed by atoms with Crippen LogP contribution >= 0.6 is 0 Å². The van der Waals surface area contributed by atoms with Crippen LogP contribution in [0.2, 0.25) is 0 Å². The number of piperidine rings is 1. The van der Waals surface area contributed by atoms with Gasteiger partial charge >= 0.3 is 0 Å². The zero-order chi connectivity index (χ0) is 23.7. The zero-order valence-corrected chi connectivity index (χ0v) is 19.8. The summed E-state index contributed by atoms with van der Waals surface area (Å²) < 4.78 is 13.5. The summed E-state index contributed by atoms with van der Waals surface area (Å²) in [5.41, 5.74) is 8.84. The van der Waals surface area contributed by atoms with Crippen LogP contribution in [-0.2, 0) is 0 Å². The van der Waals surface area contributed by atoms with E-state index in [0.29, 0.717) is 29.1 Å². The second-order valence-electron chi connectivity index (χ2n) is 8.89. The lowest BCUT2D eigenvalue weighted by molar-refractivity contribution is 0.148. The third kappa shape index (κ3) is 4.17. The molecule has 8 heteroatoms. The third-order valence-electron chi connectivity index (χ3n) is 6.52. The SMILES string of the molecule is COc1ccccc1Oc1ccc(-c2nn(C3CCN(C(C)C)CC3)c3ncnc(N)c23)cc1. The fourth-order valence-corrected chi connectivity index (χ4v) is 4.61. The highest BCUT2D eigenvalue weighted by molar-refractivity contribution is 5.98. The first-order chi connectivity index (χ1) is 16.5. The number of hydrogen-bond donors (Lipinski definition) is 1. The Morgan fingerprint density at radius 3 is 2.35 bits per heavy atom. The van der Waals surface area contributed by atoms with Gasteiger partial charge in [-0.2, -0.15) is 5.10 Å². The van der Waals surface area contributed by atoms with Crippen molar-refractivity contribution in [2.45, 2.75) is 38.8 Å². The van der Waals surface area contributed by atoms with Gasteiger partial charge in [-0.3, -0.25) is 0 Å². The standard InChI is InChI=1S/C26H30N6O2/c1-17(2)31-14-12-19(13-15-31)32-26-23(25(27)28-16-29-26)24(30-32)18-8-10-20(11-9-18)34-22-7-5-4-6-21(22)33-3/h4-11,16-17,19H,12-15H2,1-3H3,(H2,27,28,29). The van der Waals surface area contributed by atoms with E-state index in [2.05, 4.69) is 33.4 Å². The van der Waals surface area contributed by atoms with Gasteiger partial charge in [0, 0.05) is 24.7 Å². The van der Waals surface area contributed by atoms with Crippen LogP contribution in [0.15, 0.2) is 54.9 Å². The lowest BCUT2D eigenvalue weighted by atomic mass is 10.0. The summed E-state index contributed by atoms with van der Waals surface area (Å²) >= 11 is 0. The van der Waals surface area contributed by atoms with Crippen LogP contribution in [0.3, 0.4) is 0 Å². The molecule has 0 saturated carbocycles. The van der Waals surface area contributed by atoms with Crippen LogP contribution in [0.1, 0.15) is 32.7 Å². The molecular formula is C26H30N6O2. The fourth-order valence-electron chi connectivity index (χ4n) is 4.61. The summed E-state index contributed by atoms with van der Waals surface area (Å²) in [5, 5.41) is 5.81. The van der Waals surface area contributed by atoms with Crippen LogP contribution in [0.25, 0.3) is 22.3 Å². The van der Waals surface area contributed by atoms with Gasteiger partial charge in [-0.1, -0.05) is 12.1 Å². The van der Waals surface area contributed by atoms with Crippen molar-refractivity contribution >= 4 is 16.9 Å². The highest BCUT2D eigenvalue weighted by atomic mass is 16.5. The van der Waals surface area contributed by atoms with Crippen molar-refractivity contribution in [1.29, 1.82) is 0 Å². The average Bonchev–Trinajstić information content (AvgIpc) is 3.26. The number of rotatable bonds is 6. The number of benzene rings is 2. The van der Waals surface area contributed by atoms with Gasteiger partial charge < -0.3 is 20.1 Å². The molecule has 2 N–H and O–H groups in total. The molecule has 1 aliphatic rings. The Kier molecular flexibility index (Phi) is 6.06. The topological polar surface area (TPSA) is 91.3 Å². The molecule has 5 rings (SSSR count). The van der Waals surface area contributed by atoms with Crippen LogP contribution in [0.5, 0.6) is 17.2 Å². The number of likely N-dealkylation sites (tertiary alicyclic amines) is 1. The number of fused-ring (bicyclic) bond motifs is 1. The monoisotopic (exact) mass is 458 g/mol. The highest BCUT2D eigenvalue weighted by Gasteiger charge is 2.26. The predicted molar refractivity (Wildman–Crippen MR) is 133 cm³/mol. The van der Waals surface area contributed by atoms with Crippen LogP contribution in [-0.4, -0.2) is 50.9 Å². The van der Waals surface area contributed by atoms with E-state index in [4.69, 9.17) is 20.3 Å². The summed E-state index contributed by atoms with van der Waals surface area (Å²) in [7, 11) is 1.63. The molecule has 0 bridgehead atoms. The molecule has 34 heavy (non-hydrogen) atoms. The van der Waals surface area contributed by atoms with Crippen molar-refractivity contribution < 1.29 is 9.47 Å². The fraction of sp³-hybridized carbons (Fsp3) is 0.346. The number of para-hydroxylation sites is 2. The Bertz CT molecular complexity index is 1280. The summed E-state index contributed by atoms with van der Waals surface area (Å²) in [4.78, 5) is 11.3. The molecule has 3 heterocycles. The number of hydrogen-bond acceptors (Lipinski definition) is 7. The van der Waals surface area contributed by atoms with E-state index < -0.39 is 0 Å². The van der Waals surface area contributed by atoms with Crippen molar-refractivity contribution in [2.24, 2.45) is 0 Å². The first kappa shape index (κ1) is 22.2. The minimum atomic E-state index is 0.286. The van der Waals surface area contributed by atoms with E-state index in [-0.39, 0.29) is 6.04 Å². The number of nitrogen functional groups attached to an aromatic ring is 1. The minimum Gasteiger partial charge on any atom is -0.493 e. The lowest BCUT2D eigenvalue weighted by Crippen LogP contribution is -2.39. The minimum absolute atomic E-state index is 0.286. The third-order valence-corrected chi connectivity index (χ3v) is 6.52. The first-order valence-corrected chi connectivity index (χ1v) is 11.7. The predicted octanol–water partition coefficient (Wildman–Crippen LogP) is 4.92. The van der Waals surface area contributed by atoms with Gasteiger partial charge in [-0.15, -0.1) is 0 Å². The van der Waals surface area contributed by atoms with Crippen molar-refractivity contribution in [2.75, 3.05) is 25.9 Å². The summed E-state index contributed by atoms with van der Waals surface area (Å²) in [6.07, 6.45) is 3.58. The number of ether oxygens (including phenoxy) is 2. The van der Waals surface area contributed by atoms with Gasteiger partial charge in [0.05, 0.1) is 18.5 Å². The zero-order valence-electron chi connectivity index (χ0n) is 19.8. The molecule has 8 nitrogen and oxygen atoms in total. The van der Waals surface area contributed by atoms with Gasteiger partial charge in [0.1, 0.15) is 23.6 Å². The molecule has 1 saturated heterocycles. The van der Waals surface area contributed by atoms with E-state index in [1.54, 1.807) is 7.11 Å². The largest absolute Gasteiger partial charge is 0.493 e. The van der Waals surface area contributed by atoms with Gasteiger partial charge in [-0.05, 0) is 63.1 Å². The molecule has 0 unspecified atom stereocenters. The van der Waals surface area contributed by atoms with Crippen LogP contribution < -0.4 is 15.2 Å².